The summed E-state index contributed by atoms with van der Waals surface area (Å²) in [4.78, 5) is 4.16. The Morgan fingerprint density at radius 1 is 0.750 bits per heavy atom. The molecular weight excluding hydrogens is 282 g/mol. The van der Waals surface area contributed by atoms with E-state index in [2.05, 4.69) is 72.7 Å². The van der Waals surface area contributed by atoms with E-state index in [1.165, 1.54) is 0 Å². The monoisotopic (exact) mass is 315 g/mol. The first-order valence-electron chi connectivity index (χ1n) is 7.23. The Balaban J connectivity index is 4.38. The van der Waals surface area contributed by atoms with Crippen LogP contribution in [0.15, 0.2) is 17.5 Å². The van der Waals surface area contributed by atoms with Crippen LogP contribution < -0.4 is 0 Å². The molecule has 0 rings (SSSR count). The van der Waals surface area contributed by atoms with Gasteiger partial charge in [-0.3, -0.25) is 0 Å². The molecule has 3 nitrogen and oxygen atoms in total. The van der Waals surface area contributed by atoms with E-state index in [4.69, 9.17) is 8.85 Å². The van der Waals surface area contributed by atoms with E-state index < -0.39 is 16.6 Å². The maximum absolute atomic E-state index is 5.89. The van der Waals surface area contributed by atoms with Crippen LogP contribution in [0, 0.1) is 0 Å². The molecule has 0 saturated heterocycles. The van der Waals surface area contributed by atoms with Gasteiger partial charge in [0.05, 0.1) is 12.5 Å². The smallest absolute Gasteiger partial charge is 0.251 e. The second-order valence-corrected chi connectivity index (χ2v) is 17.8. The summed E-state index contributed by atoms with van der Waals surface area (Å²) in [5, 5.41) is 0.402. The summed E-state index contributed by atoms with van der Waals surface area (Å²) in [6, 6.07) is 0. The van der Waals surface area contributed by atoms with Crippen molar-refractivity contribution in [3.05, 3.63) is 12.5 Å². The molecule has 0 heterocycles. The van der Waals surface area contributed by atoms with Crippen LogP contribution in [0.5, 0.6) is 0 Å². The van der Waals surface area contributed by atoms with E-state index in [-0.39, 0.29) is 10.1 Å². The Morgan fingerprint density at radius 2 is 1.15 bits per heavy atom. The quantitative estimate of drug-likeness (QED) is 0.289. The minimum Gasteiger partial charge on any atom is -0.548 e. The fraction of sp³-hybridized carbons (Fsp3) is 0.800. The molecule has 0 aromatic carbocycles. The highest BCUT2D eigenvalue weighted by atomic mass is 28.4. The van der Waals surface area contributed by atoms with Gasteiger partial charge >= 0.3 is 0 Å². The van der Waals surface area contributed by atoms with Crippen molar-refractivity contribution in [2.75, 3.05) is 0 Å². The Bertz CT molecular complexity index is 325. The van der Waals surface area contributed by atoms with Gasteiger partial charge in [0.25, 0.3) is 8.32 Å². The van der Waals surface area contributed by atoms with Crippen LogP contribution >= 0.6 is 0 Å². The lowest BCUT2D eigenvalue weighted by Gasteiger charge is -2.35. The van der Waals surface area contributed by atoms with Crippen molar-refractivity contribution < 1.29 is 8.85 Å². The van der Waals surface area contributed by atoms with Crippen molar-refractivity contribution >= 4 is 23.0 Å². The first-order chi connectivity index (χ1) is 8.71. The summed E-state index contributed by atoms with van der Waals surface area (Å²) >= 11 is 0. The van der Waals surface area contributed by atoms with Gasteiger partial charge in [-0.15, -0.1) is 0 Å². The predicted octanol–water partition coefficient (Wildman–Crippen LogP) is 5.53. The fourth-order valence-corrected chi connectivity index (χ4v) is 2.22. The molecule has 0 aliphatic rings. The highest BCUT2D eigenvalue weighted by Gasteiger charge is 2.38. The number of hydrogen-bond donors (Lipinski definition) is 0. The molecule has 5 heteroatoms. The van der Waals surface area contributed by atoms with Gasteiger partial charge in [0.15, 0.2) is 6.40 Å². The molecule has 0 spiro atoms. The third-order valence-electron chi connectivity index (χ3n) is 4.53. The molecule has 0 fully saturated rings. The zero-order valence-electron chi connectivity index (χ0n) is 15.0. The molecular formula is C15H33NO2Si2. The van der Waals surface area contributed by atoms with Gasteiger partial charge in [-0.25, -0.2) is 4.99 Å². The van der Waals surface area contributed by atoms with Crippen molar-refractivity contribution in [1.29, 1.82) is 0 Å². The molecule has 0 aliphatic carbocycles. The Morgan fingerprint density at radius 3 is 1.55 bits per heavy atom. The first-order valence-corrected chi connectivity index (χ1v) is 13.0. The molecule has 0 bridgehead atoms. The van der Waals surface area contributed by atoms with E-state index in [0.717, 1.165) is 0 Å². The van der Waals surface area contributed by atoms with Crippen molar-refractivity contribution in [2.45, 2.75) is 77.8 Å². The van der Waals surface area contributed by atoms with Gasteiger partial charge in [-0.1, -0.05) is 41.5 Å². The molecule has 0 aromatic rings. The summed E-state index contributed by atoms with van der Waals surface area (Å²) in [6.07, 6.45) is 4.93. The van der Waals surface area contributed by atoms with E-state index in [1.54, 1.807) is 18.9 Å². The van der Waals surface area contributed by atoms with Crippen molar-refractivity contribution in [3.8, 4) is 0 Å². The summed E-state index contributed by atoms with van der Waals surface area (Å²) in [5.41, 5.74) is 0. The molecule has 0 N–H and O–H groups in total. The maximum atomic E-state index is 5.89. The molecule has 0 aromatic heterocycles. The summed E-state index contributed by atoms with van der Waals surface area (Å²) in [5.74, 6) is 0. The molecule has 0 saturated carbocycles. The van der Waals surface area contributed by atoms with Crippen molar-refractivity contribution in [2.24, 2.45) is 4.99 Å². The second-order valence-electron chi connectivity index (χ2n) is 8.30. The maximum Gasteiger partial charge on any atom is 0.251 e. The molecule has 0 atom stereocenters. The number of aliphatic imine (C=N–C) groups is 1. The van der Waals surface area contributed by atoms with Crippen LogP contribution in [0.3, 0.4) is 0 Å². The third-order valence-corrected chi connectivity index (χ3v) is 13.2. The highest BCUT2D eigenvalue weighted by Crippen LogP contribution is 2.37. The summed E-state index contributed by atoms with van der Waals surface area (Å²) in [6.45, 7) is 22.1. The minimum atomic E-state index is -1.75. The van der Waals surface area contributed by atoms with E-state index in [9.17, 15) is 0 Å². The standard InChI is InChI=1S/C15H33NO2Si2/c1-14(2,3)19(7,8)17-12-11-16-13-18-20(9,10)15(4,5)6/h11-13H,1-10H3/b12-11+,16-13?. The molecule has 0 radical (unpaired) electrons. The van der Waals surface area contributed by atoms with Crippen LogP contribution in [0.4, 0.5) is 0 Å². The van der Waals surface area contributed by atoms with Crippen LogP contribution in [-0.2, 0) is 8.85 Å². The first kappa shape index (κ1) is 19.4. The molecule has 0 aliphatic heterocycles. The Hall–Kier alpha value is -0.556. The Labute approximate surface area is 127 Å². The van der Waals surface area contributed by atoms with E-state index in [1.807, 2.05) is 0 Å². The SMILES string of the molecule is CC(C)(C)[Si](C)(C)OC=N/C=C/O[Si](C)(C)C(C)(C)C. The lowest BCUT2D eigenvalue weighted by Crippen LogP contribution is -2.40. The van der Waals surface area contributed by atoms with Gasteiger partial charge in [0.2, 0.25) is 8.32 Å². The Kier molecular flexibility index (Phi) is 6.29. The van der Waals surface area contributed by atoms with E-state index >= 15 is 0 Å². The average Bonchev–Trinajstić information content (AvgIpc) is 2.19. The minimum absolute atomic E-state index is 0.195. The fourth-order valence-electron chi connectivity index (χ4n) is 0.787. The van der Waals surface area contributed by atoms with Gasteiger partial charge in [-0.05, 0) is 36.3 Å². The second kappa shape index (κ2) is 6.47. The summed E-state index contributed by atoms with van der Waals surface area (Å²) < 4.78 is 11.7. The van der Waals surface area contributed by atoms with Crippen LogP contribution in [-0.4, -0.2) is 23.0 Å². The number of hydrogen-bond acceptors (Lipinski definition) is 3. The molecule has 118 valence electrons. The van der Waals surface area contributed by atoms with Crippen molar-refractivity contribution in [1.82, 2.24) is 0 Å². The largest absolute Gasteiger partial charge is 0.548 e. The van der Waals surface area contributed by atoms with Gasteiger partial charge in [0, 0.05) is 0 Å². The number of nitrogens with zero attached hydrogens (tertiary/aromatic N) is 1. The molecule has 0 unspecified atom stereocenters. The van der Waals surface area contributed by atoms with Crippen LogP contribution in [0.1, 0.15) is 41.5 Å². The van der Waals surface area contributed by atoms with Gasteiger partial charge in [-0.2, -0.15) is 0 Å². The zero-order chi connectivity index (χ0) is 16.2. The average molecular weight is 316 g/mol. The molecule has 0 amide bonds. The van der Waals surface area contributed by atoms with E-state index in [0.29, 0.717) is 0 Å². The highest BCUT2D eigenvalue weighted by molar-refractivity contribution is 6.75. The normalized spacial score (nSPS) is 15.1. The lowest BCUT2D eigenvalue weighted by atomic mass is 10.2. The predicted molar refractivity (Wildman–Crippen MR) is 94.2 cm³/mol. The van der Waals surface area contributed by atoms with Gasteiger partial charge < -0.3 is 8.85 Å². The third kappa shape index (κ3) is 5.83. The van der Waals surface area contributed by atoms with Gasteiger partial charge in [0.1, 0.15) is 0 Å². The topological polar surface area (TPSA) is 30.8 Å². The van der Waals surface area contributed by atoms with Crippen LogP contribution in [0.2, 0.25) is 36.3 Å². The lowest BCUT2D eigenvalue weighted by molar-refractivity contribution is 0.429. The number of rotatable bonds is 5. The van der Waals surface area contributed by atoms with Crippen molar-refractivity contribution in [3.63, 3.8) is 0 Å². The summed E-state index contributed by atoms with van der Waals surface area (Å²) in [7, 11) is -3.47. The molecule has 20 heavy (non-hydrogen) atoms. The zero-order valence-corrected chi connectivity index (χ0v) is 17.0. The van der Waals surface area contributed by atoms with Crippen LogP contribution in [0.25, 0.3) is 0 Å².